The first-order valence-electron chi connectivity index (χ1n) is 6.29. The number of nitrogen functional groups attached to an aromatic ring is 1. The van der Waals surface area contributed by atoms with Crippen LogP contribution in [0.25, 0.3) is 0 Å². The van der Waals surface area contributed by atoms with E-state index in [1.54, 1.807) is 12.1 Å². The average molecular weight is 291 g/mol. The fourth-order valence-electron chi connectivity index (χ4n) is 1.72. The summed E-state index contributed by atoms with van der Waals surface area (Å²) in [5.74, 6) is 5.68. The Morgan fingerprint density at radius 1 is 1.40 bits per heavy atom. The van der Waals surface area contributed by atoms with E-state index >= 15 is 0 Å². The third-order valence-electron chi connectivity index (χ3n) is 2.72. The zero-order valence-corrected chi connectivity index (χ0v) is 12.3. The molecule has 1 amide bonds. The zero-order valence-electron chi connectivity index (χ0n) is 11.4. The highest BCUT2D eigenvalue weighted by atomic mass is 32.1. The summed E-state index contributed by atoms with van der Waals surface area (Å²) in [5.41, 5.74) is 4.79. The van der Waals surface area contributed by atoms with Gasteiger partial charge >= 0.3 is 0 Å². The molecule has 4 N–H and O–H groups in total. The van der Waals surface area contributed by atoms with Crippen LogP contribution in [-0.4, -0.2) is 15.9 Å². The molecule has 0 saturated carbocycles. The van der Waals surface area contributed by atoms with Gasteiger partial charge in [-0.3, -0.25) is 4.79 Å². The monoisotopic (exact) mass is 291 g/mol. The van der Waals surface area contributed by atoms with Crippen molar-refractivity contribution < 1.29 is 4.79 Å². The van der Waals surface area contributed by atoms with Crippen molar-refractivity contribution in [2.45, 2.75) is 26.8 Å². The smallest absolute Gasteiger partial charge is 0.251 e. The topological polar surface area (TPSA) is 92.9 Å². The number of nitrogens with two attached hydrogens (primary N) is 1. The molecule has 2 heterocycles. The summed E-state index contributed by atoms with van der Waals surface area (Å²) < 4.78 is 0. The van der Waals surface area contributed by atoms with E-state index < -0.39 is 0 Å². The normalized spacial score (nSPS) is 10.3. The van der Waals surface area contributed by atoms with Gasteiger partial charge in [-0.15, -0.1) is 11.3 Å². The van der Waals surface area contributed by atoms with Gasteiger partial charge in [0.05, 0.1) is 6.54 Å². The van der Waals surface area contributed by atoms with Crippen LogP contribution in [0, 0.1) is 6.92 Å². The maximum Gasteiger partial charge on any atom is 0.251 e. The van der Waals surface area contributed by atoms with Crippen LogP contribution in [0.4, 0.5) is 5.82 Å². The molecule has 0 aliphatic carbocycles. The molecule has 2 rings (SSSR count). The molecule has 0 bridgehead atoms. The van der Waals surface area contributed by atoms with E-state index in [1.165, 1.54) is 11.3 Å². The summed E-state index contributed by atoms with van der Waals surface area (Å²) >= 11 is 1.53. The number of nitrogens with one attached hydrogen (secondary N) is 2. The molecule has 0 spiro atoms. The molecule has 0 fully saturated rings. The third-order valence-corrected chi connectivity index (χ3v) is 3.68. The van der Waals surface area contributed by atoms with Crippen molar-refractivity contribution in [2.75, 3.05) is 5.43 Å². The molecule has 2 aromatic rings. The molecule has 0 radical (unpaired) electrons. The van der Waals surface area contributed by atoms with Gasteiger partial charge in [0.25, 0.3) is 5.91 Å². The molecular weight excluding hydrogens is 274 g/mol. The van der Waals surface area contributed by atoms with Crippen LogP contribution in [0.5, 0.6) is 0 Å². The van der Waals surface area contributed by atoms with Crippen LogP contribution in [0.2, 0.25) is 0 Å². The van der Waals surface area contributed by atoms with Crippen molar-refractivity contribution in [2.24, 2.45) is 5.84 Å². The van der Waals surface area contributed by atoms with E-state index in [9.17, 15) is 4.79 Å². The van der Waals surface area contributed by atoms with Crippen molar-refractivity contribution in [3.63, 3.8) is 0 Å². The fraction of sp³-hybridized carbons (Fsp3) is 0.308. The number of amides is 1. The lowest BCUT2D eigenvalue weighted by molar-refractivity contribution is 0.0950. The second kappa shape index (κ2) is 6.44. The number of hydrogen-bond acceptors (Lipinski definition) is 6. The minimum absolute atomic E-state index is 0.161. The van der Waals surface area contributed by atoms with E-state index in [-0.39, 0.29) is 5.91 Å². The van der Waals surface area contributed by atoms with Crippen molar-refractivity contribution in [1.29, 1.82) is 0 Å². The molecule has 0 saturated heterocycles. The quantitative estimate of drug-likeness (QED) is 0.575. The number of anilines is 1. The van der Waals surface area contributed by atoms with Crippen LogP contribution in [0.1, 0.15) is 33.7 Å². The molecule has 0 aliphatic rings. The summed E-state index contributed by atoms with van der Waals surface area (Å²) in [6.45, 7) is 4.33. The van der Waals surface area contributed by atoms with Crippen molar-refractivity contribution in [3.05, 3.63) is 39.5 Å². The highest BCUT2D eigenvalue weighted by Crippen LogP contribution is 2.12. The number of carbonyl (C=O) groups is 1. The predicted molar refractivity (Wildman–Crippen MR) is 79.4 cm³/mol. The Hall–Kier alpha value is -1.99. The van der Waals surface area contributed by atoms with Gasteiger partial charge in [0.2, 0.25) is 0 Å². The van der Waals surface area contributed by atoms with Gasteiger partial charge in [0.15, 0.2) is 0 Å². The lowest BCUT2D eigenvalue weighted by Gasteiger charge is -2.07. The summed E-state index contributed by atoms with van der Waals surface area (Å²) in [6.07, 6.45) is 0.738. The van der Waals surface area contributed by atoms with Crippen LogP contribution < -0.4 is 16.6 Å². The van der Waals surface area contributed by atoms with Gasteiger partial charge in [0.1, 0.15) is 10.8 Å². The Morgan fingerprint density at radius 2 is 2.20 bits per heavy atom. The lowest BCUT2D eigenvalue weighted by atomic mass is 10.2. The number of hydrogen-bond donors (Lipinski definition) is 3. The molecule has 20 heavy (non-hydrogen) atoms. The van der Waals surface area contributed by atoms with E-state index in [2.05, 4.69) is 20.7 Å². The van der Waals surface area contributed by atoms with Crippen LogP contribution in [0.15, 0.2) is 17.5 Å². The van der Waals surface area contributed by atoms with Crippen molar-refractivity contribution in [3.8, 4) is 0 Å². The van der Waals surface area contributed by atoms with Gasteiger partial charge in [-0.2, -0.15) is 0 Å². The Morgan fingerprint density at radius 3 is 2.80 bits per heavy atom. The molecule has 6 nitrogen and oxygen atoms in total. The number of rotatable bonds is 5. The van der Waals surface area contributed by atoms with Gasteiger partial charge in [-0.1, -0.05) is 6.92 Å². The molecule has 0 atom stereocenters. The number of carbonyl (C=O) groups excluding carboxylic acids is 1. The zero-order chi connectivity index (χ0) is 14.5. The highest BCUT2D eigenvalue weighted by molar-refractivity contribution is 7.09. The van der Waals surface area contributed by atoms with Crippen LogP contribution >= 0.6 is 11.3 Å². The SMILES string of the molecule is CCc1cc(C(=O)NCc2nc(C)cs2)cc(NN)n1. The number of aryl methyl sites for hydroxylation is 2. The molecular formula is C13H17N5OS. The highest BCUT2D eigenvalue weighted by Gasteiger charge is 2.10. The van der Waals surface area contributed by atoms with Gasteiger partial charge in [-0.05, 0) is 25.5 Å². The maximum absolute atomic E-state index is 12.1. The predicted octanol–water partition coefficient (Wildman–Crippen LogP) is 1.62. The Labute approximate surface area is 121 Å². The maximum atomic E-state index is 12.1. The Kier molecular flexibility index (Phi) is 4.65. The molecule has 106 valence electrons. The van der Waals surface area contributed by atoms with Crippen molar-refractivity contribution in [1.82, 2.24) is 15.3 Å². The second-order valence-electron chi connectivity index (χ2n) is 4.30. The van der Waals surface area contributed by atoms with E-state index in [1.807, 2.05) is 19.2 Å². The largest absolute Gasteiger partial charge is 0.346 e. The first-order chi connectivity index (χ1) is 9.62. The molecule has 0 aliphatic heterocycles. The number of hydrazine groups is 1. The van der Waals surface area contributed by atoms with Crippen molar-refractivity contribution >= 4 is 23.1 Å². The van der Waals surface area contributed by atoms with Gasteiger partial charge < -0.3 is 10.7 Å². The van der Waals surface area contributed by atoms with Gasteiger partial charge in [-0.25, -0.2) is 15.8 Å². The second-order valence-corrected chi connectivity index (χ2v) is 5.24. The number of aromatic nitrogens is 2. The average Bonchev–Trinajstić information content (AvgIpc) is 2.89. The van der Waals surface area contributed by atoms with E-state index in [0.29, 0.717) is 17.9 Å². The summed E-state index contributed by atoms with van der Waals surface area (Å²) in [6, 6.07) is 3.39. The number of nitrogens with zero attached hydrogens (tertiary/aromatic N) is 2. The third kappa shape index (κ3) is 3.52. The minimum Gasteiger partial charge on any atom is -0.346 e. The first kappa shape index (κ1) is 14.4. The van der Waals surface area contributed by atoms with E-state index in [0.717, 1.165) is 22.8 Å². The lowest BCUT2D eigenvalue weighted by Crippen LogP contribution is -2.23. The molecule has 0 aromatic carbocycles. The Bertz CT molecular complexity index is 588. The van der Waals surface area contributed by atoms with Crippen LogP contribution in [0.3, 0.4) is 0 Å². The molecule has 2 aromatic heterocycles. The number of pyridine rings is 1. The first-order valence-corrected chi connectivity index (χ1v) is 7.17. The summed E-state index contributed by atoms with van der Waals surface area (Å²) in [4.78, 5) is 20.7. The minimum atomic E-state index is -0.161. The number of thiazole rings is 1. The fourth-order valence-corrected chi connectivity index (χ4v) is 2.43. The Balaban J connectivity index is 2.08. The van der Waals surface area contributed by atoms with E-state index in [4.69, 9.17) is 5.84 Å². The molecule has 7 heteroatoms. The van der Waals surface area contributed by atoms with Gasteiger partial charge in [0, 0.05) is 22.3 Å². The summed E-state index contributed by atoms with van der Waals surface area (Å²) in [7, 11) is 0. The van der Waals surface area contributed by atoms with Crippen LogP contribution in [-0.2, 0) is 13.0 Å². The molecule has 0 unspecified atom stereocenters. The summed E-state index contributed by atoms with van der Waals surface area (Å²) in [5, 5.41) is 5.69. The standard InChI is InChI=1S/C13H17N5OS/c1-3-10-4-9(5-11(17-10)18-14)13(19)15-6-12-16-8(2)7-20-12/h4-5,7H,3,6,14H2,1-2H3,(H,15,19)(H,17,18).